The van der Waals surface area contributed by atoms with E-state index in [1.807, 2.05) is 26.0 Å². The highest BCUT2D eigenvalue weighted by Gasteiger charge is 2.20. The van der Waals surface area contributed by atoms with Gasteiger partial charge in [0.25, 0.3) is 0 Å². The van der Waals surface area contributed by atoms with Gasteiger partial charge < -0.3 is 0 Å². The van der Waals surface area contributed by atoms with Gasteiger partial charge >= 0.3 is 5.95 Å². The number of nitrogens with one attached hydrogen (secondary N) is 2. The van der Waals surface area contributed by atoms with Crippen LogP contribution in [-0.2, 0) is 0 Å². The Labute approximate surface area is 111 Å². The number of aromatic nitrogens is 2. The molecule has 0 aromatic carbocycles. The highest BCUT2D eigenvalue weighted by atomic mass is 16.3. The van der Waals surface area contributed by atoms with Gasteiger partial charge in [0.05, 0.1) is 12.4 Å². The Morgan fingerprint density at radius 3 is 2.95 bits per heavy atom. The number of hydrogen-bond donors (Lipinski definition) is 1. The van der Waals surface area contributed by atoms with Gasteiger partial charge in [-0.15, -0.1) is 4.91 Å². The van der Waals surface area contributed by atoms with Crippen molar-refractivity contribution >= 4 is 5.95 Å². The van der Waals surface area contributed by atoms with E-state index in [2.05, 4.69) is 25.4 Å². The molecule has 1 aromatic rings. The molecule has 1 aliphatic rings. The molecular formula is C13H16N5O+. The van der Waals surface area contributed by atoms with Gasteiger partial charge in [-0.3, -0.25) is 0 Å². The predicted molar refractivity (Wildman–Crippen MR) is 71.6 cm³/mol. The van der Waals surface area contributed by atoms with Crippen LogP contribution in [0.15, 0.2) is 63.9 Å². The van der Waals surface area contributed by atoms with Crippen LogP contribution in [0.25, 0.3) is 0 Å². The van der Waals surface area contributed by atoms with Gasteiger partial charge in [-0.25, -0.2) is 9.97 Å². The number of nitrogens with zero attached hydrogens (tertiary/aromatic N) is 3. The molecule has 0 bridgehead atoms. The number of nitroso groups, excluding NO2 is 1. The summed E-state index contributed by atoms with van der Waals surface area (Å²) in [5.41, 5.74) is -0.193. The number of allylic oxidation sites excluding steroid dienone is 3. The molecule has 2 rings (SSSR count). The van der Waals surface area contributed by atoms with Crippen molar-refractivity contribution in [3.8, 4) is 0 Å². The fourth-order valence-electron chi connectivity index (χ4n) is 1.66. The molecule has 1 heterocycles. The van der Waals surface area contributed by atoms with Crippen LogP contribution in [0.3, 0.4) is 0 Å². The van der Waals surface area contributed by atoms with Crippen LogP contribution in [0, 0.1) is 10.8 Å². The van der Waals surface area contributed by atoms with Gasteiger partial charge in [-0.05, 0) is 36.2 Å². The maximum absolute atomic E-state index is 10.7. The molecule has 0 fully saturated rings. The first-order valence-corrected chi connectivity index (χ1v) is 6.03. The molecule has 1 aromatic heterocycles. The van der Waals surface area contributed by atoms with E-state index in [1.165, 1.54) is 0 Å². The molecule has 2 N–H and O–H groups in total. The molecule has 1 aliphatic carbocycles. The van der Waals surface area contributed by atoms with Gasteiger partial charge in [0.1, 0.15) is 11.2 Å². The standard InChI is InChI=1S/C13H15N5O/c1-10-3-5-13(2,6-4-11(9-10)17-19)18-16-12-14-7-8-15-12/h3-10H,1-2H3,(H,14,15)/p+1/b5-3-,6-4-,11-9+,18-16?. The zero-order valence-electron chi connectivity index (χ0n) is 10.9. The number of azo groups is 1. The minimum atomic E-state index is -0.600. The molecule has 6 nitrogen and oxygen atoms in total. The maximum atomic E-state index is 10.7. The van der Waals surface area contributed by atoms with Crippen molar-refractivity contribution in [2.45, 2.75) is 19.4 Å². The molecule has 0 saturated carbocycles. The third-order valence-electron chi connectivity index (χ3n) is 2.76. The Morgan fingerprint density at radius 2 is 2.26 bits per heavy atom. The van der Waals surface area contributed by atoms with E-state index in [9.17, 15) is 4.91 Å². The normalized spacial score (nSPS) is 33.2. The summed E-state index contributed by atoms with van der Waals surface area (Å²) < 4.78 is 0. The van der Waals surface area contributed by atoms with Crippen LogP contribution in [0.5, 0.6) is 0 Å². The van der Waals surface area contributed by atoms with E-state index in [0.717, 1.165) is 0 Å². The lowest BCUT2D eigenvalue weighted by Gasteiger charge is -2.14. The van der Waals surface area contributed by atoms with Crippen LogP contribution in [0.1, 0.15) is 13.8 Å². The number of imidazole rings is 1. The van der Waals surface area contributed by atoms with Crippen LogP contribution in [0.2, 0.25) is 0 Å². The second kappa shape index (κ2) is 5.51. The average molecular weight is 258 g/mol. The summed E-state index contributed by atoms with van der Waals surface area (Å²) in [5.74, 6) is 0.701. The largest absolute Gasteiger partial charge is 0.416 e. The van der Waals surface area contributed by atoms with E-state index in [-0.39, 0.29) is 5.92 Å². The van der Waals surface area contributed by atoms with Crippen molar-refractivity contribution in [1.82, 2.24) is 4.98 Å². The molecule has 19 heavy (non-hydrogen) atoms. The second-order valence-corrected chi connectivity index (χ2v) is 4.63. The fraction of sp³-hybridized carbons (Fsp3) is 0.308. The Morgan fingerprint density at radius 1 is 1.42 bits per heavy atom. The third-order valence-corrected chi connectivity index (χ3v) is 2.76. The summed E-state index contributed by atoms with van der Waals surface area (Å²) in [6, 6.07) is 0. The minimum absolute atomic E-state index is 0.129. The monoisotopic (exact) mass is 258 g/mol. The molecule has 2 unspecified atom stereocenters. The molecular weight excluding hydrogens is 242 g/mol. The number of rotatable bonds is 3. The lowest BCUT2D eigenvalue weighted by Crippen LogP contribution is -2.15. The first-order valence-electron chi connectivity index (χ1n) is 6.03. The molecule has 98 valence electrons. The summed E-state index contributed by atoms with van der Waals surface area (Å²) in [4.78, 5) is 16.5. The Hall–Kier alpha value is -2.37. The quantitative estimate of drug-likeness (QED) is 0.504. The predicted octanol–water partition coefficient (Wildman–Crippen LogP) is 3.08. The second-order valence-electron chi connectivity index (χ2n) is 4.63. The molecule has 0 spiro atoms. The van der Waals surface area contributed by atoms with Gasteiger partial charge in [0.15, 0.2) is 0 Å². The van der Waals surface area contributed by atoms with Crippen molar-refractivity contribution in [3.63, 3.8) is 0 Å². The molecule has 0 radical (unpaired) electrons. The molecule has 0 amide bonds. The Bertz CT molecular complexity index is 556. The fourth-order valence-corrected chi connectivity index (χ4v) is 1.66. The smallest absolute Gasteiger partial charge is 0.244 e. The molecule has 2 atom stereocenters. The Balaban J connectivity index is 2.27. The van der Waals surface area contributed by atoms with Crippen molar-refractivity contribution < 1.29 is 4.98 Å². The van der Waals surface area contributed by atoms with E-state index in [4.69, 9.17) is 0 Å². The lowest BCUT2D eigenvalue weighted by atomic mass is 9.96. The van der Waals surface area contributed by atoms with E-state index in [1.54, 1.807) is 30.6 Å². The van der Waals surface area contributed by atoms with Crippen molar-refractivity contribution in [1.29, 1.82) is 0 Å². The molecule has 6 heteroatoms. The average Bonchev–Trinajstić information content (AvgIpc) is 2.91. The zero-order valence-corrected chi connectivity index (χ0v) is 10.9. The summed E-state index contributed by atoms with van der Waals surface area (Å²) in [7, 11) is 0. The van der Waals surface area contributed by atoms with Crippen LogP contribution in [-0.4, -0.2) is 10.5 Å². The first-order chi connectivity index (χ1) is 9.11. The van der Waals surface area contributed by atoms with Gasteiger partial charge in [0, 0.05) is 5.11 Å². The summed E-state index contributed by atoms with van der Waals surface area (Å²) >= 11 is 0. The SMILES string of the molecule is CC1/C=C\C(C)(N=Nc2[nH]cc[nH+]2)/C=C\C(N=O)=C/1. The minimum Gasteiger partial charge on any atom is -0.244 e. The third kappa shape index (κ3) is 3.54. The van der Waals surface area contributed by atoms with Crippen molar-refractivity contribution in [2.75, 3.05) is 0 Å². The van der Waals surface area contributed by atoms with E-state index in [0.29, 0.717) is 11.6 Å². The molecule has 0 aliphatic heterocycles. The summed E-state index contributed by atoms with van der Waals surface area (Å²) in [6.07, 6.45) is 12.7. The van der Waals surface area contributed by atoms with E-state index >= 15 is 0 Å². The van der Waals surface area contributed by atoms with Crippen molar-refractivity contribution in [2.24, 2.45) is 21.3 Å². The lowest BCUT2D eigenvalue weighted by molar-refractivity contribution is -0.360. The van der Waals surface area contributed by atoms with Crippen LogP contribution < -0.4 is 4.98 Å². The van der Waals surface area contributed by atoms with Gasteiger partial charge in [-0.2, -0.15) is 0 Å². The number of hydrogen-bond acceptors (Lipinski definition) is 4. The van der Waals surface area contributed by atoms with Crippen LogP contribution in [0.4, 0.5) is 5.95 Å². The maximum Gasteiger partial charge on any atom is 0.416 e. The van der Waals surface area contributed by atoms with Gasteiger partial charge in [-0.1, -0.05) is 24.2 Å². The zero-order chi connectivity index (χ0) is 13.7. The van der Waals surface area contributed by atoms with E-state index < -0.39 is 5.54 Å². The number of H-pyrrole nitrogens is 2. The van der Waals surface area contributed by atoms with Crippen molar-refractivity contribution in [3.05, 3.63) is 53.4 Å². The highest BCUT2D eigenvalue weighted by molar-refractivity contribution is 5.29. The summed E-state index contributed by atoms with van der Waals surface area (Å²) in [6.45, 7) is 3.89. The topological polar surface area (TPSA) is 84.1 Å². The summed E-state index contributed by atoms with van der Waals surface area (Å²) in [5, 5.41) is 11.4. The first kappa shape index (κ1) is 13.1. The number of aromatic amines is 2. The van der Waals surface area contributed by atoms with Gasteiger partial charge in [0.2, 0.25) is 0 Å². The highest BCUT2D eigenvalue weighted by Crippen LogP contribution is 2.22. The molecule has 0 saturated heterocycles. The van der Waals surface area contributed by atoms with Crippen LogP contribution >= 0.6 is 0 Å². The Kier molecular flexibility index (Phi) is 3.79.